The van der Waals surface area contributed by atoms with Crippen molar-refractivity contribution in [3.05, 3.63) is 77.5 Å². The summed E-state index contributed by atoms with van der Waals surface area (Å²) < 4.78 is 2.23. The lowest BCUT2D eigenvalue weighted by atomic mass is 9.96. The number of rotatable bonds is 2. The van der Waals surface area contributed by atoms with Gasteiger partial charge in [-0.25, -0.2) is 4.57 Å². The Morgan fingerprint density at radius 3 is 1.95 bits per heavy atom. The minimum absolute atomic E-state index is 1.24. The van der Waals surface area contributed by atoms with Gasteiger partial charge in [0.05, 0.1) is 0 Å². The maximum atomic E-state index is 2.23. The van der Waals surface area contributed by atoms with Crippen LogP contribution in [0.15, 0.2) is 60.8 Å². The summed E-state index contributed by atoms with van der Waals surface area (Å²) >= 11 is 0. The van der Waals surface area contributed by atoms with Crippen LogP contribution in [0.1, 0.15) is 16.7 Å². The lowest BCUT2D eigenvalue weighted by Gasteiger charge is -2.10. The van der Waals surface area contributed by atoms with E-state index < -0.39 is 0 Å². The molecule has 0 saturated heterocycles. The second kappa shape index (κ2) is 5.76. The highest BCUT2D eigenvalue weighted by molar-refractivity contribution is 5.71. The fraction of sp³-hybridized carbons (Fsp3) is 0.190. The highest BCUT2D eigenvalue weighted by Gasteiger charge is 2.15. The van der Waals surface area contributed by atoms with Gasteiger partial charge in [0.1, 0.15) is 7.05 Å². The number of nitrogens with zero attached hydrogens (tertiary/aromatic N) is 1. The third-order valence-corrected chi connectivity index (χ3v) is 4.32. The van der Waals surface area contributed by atoms with E-state index in [0.29, 0.717) is 0 Å². The van der Waals surface area contributed by atoms with E-state index in [4.69, 9.17) is 0 Å². The van der Waals surface area contributed by atoms with Crippen molar-refractivity contribution in [1.82, 2.24) is 0 Å². The molecule has 3 rings (SSSR count). The third kappa shape index (κ3) is 2.55. The Bertz CT molecular complexity index is 811. The molecule has 0 aliphatic carbocycles. The Hall–Kier alpha value is -2.41. The molecule has 2 aromatic carbocycles. The predicted molar refractivity (Wildman–Crippen MR) is 92.7 cm³/mol. The molecule has 3 aromatic rings. The Morgan fingerprint density at radius 1 is 0.682 bits per heavy atom. The molecule has 1 heterocycles. The summed E-state index contributed by atoms with van der Waals surface area (Å²) in [4.78, 5) is 0. The van der Waals surface area contributed by atoms with Crippen molar-refractivity contribution in [3.8, 4) is 22.4 Å². The van der Waals surface area contributed by atoms with E-state index >= 15 is 0 Å². The maximum Gasteiger partial charge on any atom is 0.212 e. The number of pyridine rings is 1. The molecule has 0 amide bonds. The number of hydrogen-bond acceptors (Lipinski definition) is 0. The van der Waals surface area contributed by atoms with Gasteiger partial charge < -0.3 is 0 Å². The predicted octanol–water partition coefficient (Wildman–Crippen LogP) is 4.77. The fourth-order valence-electron chi connectivity index (χ4n) is 3.17. The zero-order valence-corrected chi connectivity index (χ0v) is 13.7. The van der Waals surface area contributed by atoms with Crippen LogP contribution >= 0.6 is 0 Å². The van der Waals surface area contributed by atoms with E-state index in [1.165, 1.54) is 39.1 Å². The van der Waals surface area contributed by atoms with Gasteiger partial charge in [-0.3, -0.25) is 0 Å². The van der Waals surface area contributed by atoms with E-state index in [2.05, 4.69) is 93.2 Å². The van der Waals surface area contributed by atoms with Crippen LogP contribution < -0.4 is 4.57 Å². The van der Waals surface area contributed by atoms with Gasteiger partial charge in [-0.2, -0.15) is 0 Å². The van der Waals surface area contributed by atoms with Gasteiger partial charge in [-0.05, 0) is 55.2 Å². The topological polar surface area (TPSA) is 3.88 Å². The van der Waals surface area contributed by atoms with Crippen molar-refractivity contribution in [2.24, 2.45) is 7.05 Å². The number of aryl methyl sites for hydroxylation is 4. The summed E-state index contributed by atoms with van der Waals surface area (Å²) in [6, 6.07) is 19.5. The number of hydrogen-bond donors (Lipinski definition) is 0. The second-order valence-corrected chi connectivity index (χ2v) is 6.00. The largest absolute Gasteiger partial charge is 0.212 e. The lowest BCUT2D eigenvalue weighted by Crippen LogP contribution is -2.31. The minimum atomic E-state index is 1.24. The van der Waals surface area contributed by atoms with E-state index in [0.717, 1.165) is 0 Å². The zero-order chi connectivity index (χ0) is 15.7. The standard InChI is InChI=1S/C21H22N/c1-15-8-5-6-11-19(15)20-13-12-18(14-22(20)4)21-16(2)9-7-10-17(21)3/h5-14H,1-4H3/q+1. The second-order valence-electron chi connectivity index (χ2n) is 6.00. The van der Waals surface area contributed by atoms with E-state index in [1.54, 1.807) is 0 Å². The molecule has 0 atom stereocenters. The zero-order valence-electron chi connectivity index (χ0n) is 13.7. The van der Waals surface area contributed by atoms with Crippen LogP contribution in [0.4, 0.5) is 0 Å². The Morgan fingerprint density at radius 2 is 1.32 bits per heavy atom. The molecule has 0 saturated carbocycles. The molecule has 0 bridgehead atoms. The summed E-state index contributed by atoms with van der Waals surface area (Å²) in [5, 5.41) is 0. The van der Waals surface area contributed by atoms with Gasteiger partial charge in [0.25, 0.3) is 0 Å². The first kappa shape index (κ1) is 14.5. The first-order chi connectivity index (χ1) is 10.6. The van der Waals surface area contributed by atoms with Gasteiger partial charge in [-0.1, -0.05) is 36.4 Å². The molecule has 110 valence electrons. The van der Waals surface area contributed by atoms with Crippen LogP contribution in [0.3, 0.4) is 0 Å². The molecule has 0 N–H and O–H groups in total. The number of aromatic nitrogens is 1. The maximum absolute atomic E-state index is 2.23. The Labute approximate surface area is 132 Å². The fourth-order valence-corrected chi connectivity index (χ4v) is 3.17. The van der Waals surface area contributed by atoms with Crippen LogP contribution in [0.25, 0.3) is 22.4 Å². The molecule has 0 spiro atoms. The highest BCUT2D eigenvalue weighted by atomic mass is 14.9. The molecule has 22 heavy (non-hydrogen) atoms. The summed E-state index contributed by atoms with van der Waals surface area (Å²) in [5.74, 6) is 0. The van der Waals surface area contributed by atoms with Crippen molar-refractivity contribution >= 4 is 0 Å². The summed E-state index contributed by atoms with van der Waals surface area (Å²) in [7, 11) is 2.12. The molecule has 1 heteroatoms. The molecule has 1 nitrogen and oxygen atoms in total. The SMILES string of the molecule is Cc1ccccc1-c1ccc(-c2c(C)cccc2C)c[n+]1C. The first-order valence-electron chi connectivity index (χ1n) is 7.70. The van der Waals surface area contributed by atoms with Crippen LogP contribution in [-0.2, 0) is 7.05 Å². The molecule has 0 unspecified atom stereocenters. The average molecular weight is 288 g/mol. The molecule has 1 aromatic heterocycles. The molecule has 0 radical (unpaired) electrons. The summed E-state index contributed by atoms with van der Waals surface area (Å²) in [5.41, 5.74) is 9.10. The van der Waals surface area contributed by atoms with Crippen molar-refractivity contribution in [2.45, 2.75) is 20.8 Å². The molecular weight excluding hydrogens is 266 g/mol. The van der Waals surface area contributed by atoms with E-state index in [9.17, 15) is 0 Å². The van der Waals surface area contributed by atoms with Crippen LogP contribution in [0.2, 0.25) is 0 Å². The molecule has 0 aliphatic heterocycles. The van der Waals surface area contributed by atoms with Gasteiger partial charge in [-0.15, -0.1) is 0 Å². The third-order valence-electron chi connectivity index (χ3n) is 4.32. The first-order valence-corrected chi connectivity index (χ1v) is 7.70. The Kier molecular flexibility index (Phi) is 3.81. The van der Waals surface area contributed by atoms with Crippen molar-refractivity contribution in [2.75, 3.05) is 0 Å². The van der Waals surface area contributed by atoms with Crippen molar-refractivity contribution in [1.29, 1.82) is 0 Å². The normalized spacial score (nSPS) is 10.7. The Balaban J connectivity index is 2.13. The molecular formula is C21H22N+. The average Bonchev–Trinajstić information content (AvgIpc) is 2.48. The molecule has 0 aliphatic rings. The van der Waals surface area contributed by atoms with E-state index in [1.807, 2.05) is 0 Å². The minimum Gasteiger partial charge on any atom is -0.200 e. The lowest BCUT2D eigenvalue weighted by molar-refractivity contribution is -0.659. The summed E-state index contributed by atoms with van der Waals surface area (Å²) in [6.07, 6.45) is 2.23. The number of benzene rings is 2. The van der Waals surface area contributed by atoms with Crippen LogP contribution in [0.5, 0.6) is 0 Å². The summed E-state index contributed by atoms with van der Waals surface area (Å²) in [6.45, 7) is 6.52. The van der Waals surface area contributed by atoms with Crippen LogP contribution in [0, 0.1) is 20.8 Å². The monoisotopic (exact) mass is 288 g/mol. The van der Waals surface area contributed by atoms with E-state index in [-0.39, 0.29) is 0 Å². The van der Waals surface area contributed by atoms with Gasteiger partial charge in [0.15, 0.2) is 6.20 Å². The molecule has 0 fully saturated rings. The van der Waals surface area contributed by atoms with Crippen molar-refractivity contribution in [3.63, 3.8) is 0 Å². The highest BCUT2D eigenvalue weighted by Crippen LogP contribution is 2.28. The van der Waals surface area contributed by atoms with Gasteiger partial charge in [0.2, 0.25) is 5.69 Å². The van der Waals surface area contributed by atoms with Crippen molar-refractivity contribution < 1.29 is 4.57 Å². The van der Waals surface area contributed by atoms with Gasteiger partial charge >= 0.3 is 0 Å². The quantitative estimate of drug-likeness (QED) is 0.598. The van der Waals surface area contributed by atoms with Gasteiger partial charge in [0, 0.05) is 17.2 Å². The van der Waals surface area contributed by atoms with Crippen LogP contribution in [-0.4, -0.2) is 0 Å². The smallest absolute Gasteiger partial charge is 0.200 e.